The predicted molar refractivity (Wildman–Crippen MR) is 142 cm³/mol. The number of anilines is 3. The van der Waals surface area contributed by atoms with Crippen LogP contribution < -0.4 is 22.1 Å². The van der Waals surface area contributed by atoms with E-state index in [2.05, 4.69) is 15.6 Å². The zero-order valence-corrected chi connectivity index (χ0v) is 19.4. The number of hydrogen-bond acceptors (Lipinski definition) is 5. The summed E-state index contributed by atoms with van der Waals surface area (Å²) in [5.74, 6) is -0.154. The monoisotopic (exact) mass is 477 g/mol. The van der Waals surface area contributed by atoms with E-state index in [1.165, 1.54) is 0 Å². The zero-order chi connectivity index (χ0) is 25.2. The van der Waals surface area contributed by atoms with Crippen molar-refractivity contribution in [2.45, 2.75) is 6.92 Å². The fraction of sp³-hybridized carbons (Fsp3) is 0.0357. The van der Waals surface area contributed by atoms with E-state index in [1.807, 2.05) is 43.3 Å². The van der Waals surface area contributed by atoms with E-state index in [0.717, 1.165) is 33.5 Å². The van der Waals surface area contributed by atoms with E-state index < -0.39 is 5.91 Å². The fourth-order valence-corrected chi connectivity index (χ4v) is 4.05. The molecule has 6 N–H and O–H groups in total. The van der Waals surface area contributed by atoms with E-state index in [9.17, 15) is 9.59 Å². The van der Waals surface area contributed by atoms with E-state index in [4.69, 9.17) is 15.9 Å². The van der Waals surface area contributed by atoms with Gasteiger partial charge in [-0.3, -0.25) is 4.79 Å². The quantitative estimate of drug-likeness (QED) is 0.254. The molecule has 0 saturated heterocycles. The van der Waals surface area contributed by atoms with Gasteiger partial charge in [0.2, 0.25) is 5.91 Å². The molecule has 3 amide bonds. The molecule has 0 fully saturated rings. The minimum Gasteiger partial charge on any atom is -0.463 e. The van der Waals surface area contributed by atoms with Crippen molar-refractivity contribution in [3.8, 4) is 22.3 Å². The largest absolute Gasteiger partial charge is 0.463 e. The van der Waals surface area contributed by atoms with Crippen LogP contribution in [0.4, 0.5) is 22.0 Å². The number of urea groups is 1. The Morgan fingerprint density at radius 1 is 0.861 bits per heavy atom. The summed E-state index contributed by atoms with van der Waals surface area (Å²) >= 11 is 0. The standard InChI is InChI=1S/C28H23N5O3/c1-16-3-2-4-21(13-16)33-28(35)32-20-11-9-18(10-12-20)23-15-36-25-22(14-31-26(29)24(23)25)17-5-7-19(8-6-17)27(30)34/h2-15H,1H3,(H2,29,31)(H2,30,34)(H2,32,33,35). The van der Waals surface area contributed by atoms with Gasteiger partial charge in [0, 0.05) is 34.3 Å². The molecule has 0 saturated carbocycles. The molecule has 5 aromatic rings. The summed E-state index contributed by atoms with van der Waals surface area (Å²) in [6.45, 7) is 1.96. The molecular weight excluding hydrogens is 454 g/mol. The number of carbonyl (C=O) groups is 2. The molecule has 0 aliphatic rings. The third-order valence-electron chi connectivity index (χ3n) is 5.83. The number of pyridine rings is 1. The van der Waals surface area contributed by atoms with Gasteiger partial charge in [-0.25, -0.2) is 9.78 Å². The normalized spacial score (nSPS) is 10.8. The molecule has 36 heavy (non-hydrogen) atoms. The van der Waals surface area contributed by atoms with Crippen molar-refractivity contribution in [2.24, 2.45) is 5.73 Å². The molecule has 178 valence electrons. The second-order valence-electron chi connectivity index (χ2n) is 8.38. The molecule has 5 rings (SSSR count). The molecule has 0 radical (unpaired) electrons. The Morgan fingerprint density at radius 3 is 2.22 bits per heavy atom. The second-order valence-corrected chi connectivity index (χ2v) is 8.38. The molecule has 0 atom stereocenters. The lowest BCUT2D eigenvalue weighted by molar-refractivity contribution is 0.100. The van der Waals surface area contributed by atoms with Gasteiger partial charge in [-0.1, -0.05) is 36.4 Å². The molecular formula is C28H23N5O3. The molecule has 0 aliphatic heterocycles. The summed E-state index contributed by atoms with van der Waals surface area (Å²) < 4.78 is 5.93. The van der Waals surface area contributed by atoms with Crippen LogP contribution in [0.15, 0.2) is 89.7 Å². The van der Waals surface area contributed by atoms with Crippen LogP contribution >= 0.6 is 0 Å². The number of furan rings is 1. The van der Waals surface area contributed by atoms with Crippen LogP contribution in [0, 0.1) is 6.92 Å². The molecule has 2 heterocycles. The third-order valence-corrected chi connectivity index (χ3v) is 5.83. The number of fused-ring (bicyclic) bond motifs is 1. The number of rotatable bonds is 5. The van der Waals surface area contributed by atoms with Gasteiger partial charge in [0.05, 0.1) is 11.6 Å². The second kappa shape index (κ2) is 9.27. The minimum atomic E-state index is -0.493. The lowest BCUT2D eigenvalue weighted by atomic mass is 10.0. The Hall–Kier alpha value is -5.11. The summed E-state index contributed by atoms with van der Waals surface area (Å²) in [4.78, 5) is 28.1. The first-order chi connectivity index (χ1) is 17.4. The van der Waals surface area contributed by atoms with Gasteiger partial charge in [0.15, 0.2) is 0 Å². The van der Waals surface area contributed by atoms with Crippen LogP contribution in [-0.4, -0.2) is 16.9 Å². The number of nitrogens with two attached hydrogens (primary N) is 2. The van der Waals surface area contributed by atoms with Crippen molar-refractivity contribution in [1.82, 2.24) is 4.98 Å². The molecule has 8 nitrogen and oxygen atoms in total. The van der Waals surface area contributed by atoms with Crippen LogP contribution in [0.1, 0.15) is 15.9 Å². The highest BCUT2D eigenvalue weighted by Crippen LogP contribution is 2.39. The van der Waals surface area contributed by atoms with Crippen molar-refractivity contribution in [2.75, 3.05) is 16.4 Å². The van der Waals surface area contributed by atoms with Crippen molar-refractivity contribution >= 4 is 40.1 Å². The highest BCUT2D eigenvalue weighted by atomic mass is 16.3. The summed E-state index contributed by atoms with van der Waals surface area (Å²) in [5.41, 5.74) is 18.2. The number of primary amides is 1. The summed E-state index contributed by atoms with van der Waals surface area (Å²) in [6.07, 6.45) is 3.28. The van der Waals surface area contributed by atoms with Crippen LogP contribution in [0.3, 0.4) is 0 Å². The Kier molecular flexibility index (Phi) is 5.83. The maximum Gasteiger partial charge on any atom is 0.323 e. The first-order valence-corrected chi connectivity index (χ1v) is 11.2. The van der Waals surface area contributed by atoms with E-state index in [0.29, 0.717) is 28.0 Å². The van der Waals surface area contributed by atoms with E-state index in [-0.39, 0.29) is 6.03 Å². The lowest BCUT2D eigenvalue weighted by Gasteiger charge is -2.09. The zero-order valence-electron chi connectivity index (χ0n) is 19.4. The molecule has 0 spiro atoms. The van der Waals surface area contributed by atoms with Gasteiger partial charge in [0.1, 0.15) is 11.4 Å². The van der Waals surface area contributed by atoms with Gasteiger partial charge in [-0.15, -0.1) is 0 Å². The number of nitrogen functional groups attached to an aromatic ring is 1. The maximum absolute atomic E-state index is 12.4. The number of benzene rings is 3. The van der Waals surface area contributed by atoms with Gasteiger partial charge in [-0.2, -0.15) is 0 Å². The Morgan fingerprint density at radius 2 is 1.53 bits per heavy atom. The average Bonchev–Trinajstić information content (AvgIpc) is 3.31. The third kappa shape index (κ3) is 4.47. The average molecular weight is 478 g/mol. The molecule has 8 heteroatoms. The first-order valence-electron chi connectivity index (χ1n) is 11.2. The van der Waals surface area contributed by atoms with Crippen molar-refractivity contribution < 1.29 is 14.0 Å². The van der Waals surface area contributed by atoms with E-state index >= 15 is 0 Å². The number of nitrogens with one attached hydrogen (secondary N) is 2. The number of amides is 3. The van der Waals surface area contributed by atoms with Gasteiger partial charge < -0.3 is 26.5 Å². The summed E-state index contributed by atoms with van der Waals surface area (Å²) in [5, 5.41) is 6.34. The van der Waals surface area contributed by atoms with Crippen LogP contribution in [0.5, 0.6) is 0 Å². The molecule has 0 bridgehead atoms. The van der Waals surface area contributed by atoms with E-state index in [1.54, 1.807) is 48.9 Å². The molecule has 2 aromatic heterocycles. The number of carbonyl (C=O) groups excluding carboxylic acids is 2. The number of aryl methyl sites for hydroxylation is 1. The summed E-state index contributed by atoms with van der Waals surface area (Å²) in [6, 6.07) is 21.5. The Balaban J connectivity index is 1.40. The SMILES string of the molecule is Cc1cccc(NC(=O)Nc2ccc(-c3coc4c(-c5ccc(C(N)=O)cc5)cnc(N)c34)cc2)c1. The predicted octanol–water partition coefficient (Wildman–Crippen LogP) is 5.80. The van der Waals surface area contributed by atoms with Crippen molar-refractivity contribution in [3.63, 3.8) is 0 Å². The number of aromatic nitrogens is 1. The van der Waals surface area contributed by atoms with Crippen LogP contribution in [-0.2, 0) is 0 Å². The Labute approximate surface area is 206 Å². The highest BCUT2D eigenvalue weighted by molar-refractivity contribution is 6.07. The fourth-order valence-electron chi connectivity index (χ4n) is 4.05. The van der Waals surface area contributed by atoms with Crippen LogP contribution in [0.2, 0.25) is 0 Å². The highest BCUT2D eigenvalue weighted by Gasteiger charge is 2.17. The summed E-state index contributed by atoms with van der Waals surface area (Å²) in [7, 11) is 0. The molecule has 0 unspecified atom stereocenters. The first kappa shape index (κ1) is 22.7. The van der Waals surface area contributed by atoms with Gasteiger partial charge in [0.25, 0.3) is 0 Å². The molecule has 0 aliphatic carbocycles. The molecule has 3 aromatic carbocycles. The minimum absolute atomic E-state index is 0.331. The number of nitrogens with zero attached hydrogens (tertiary/aromatic N) is 1. The van der Waals surface area contributed by atoms with Gasteiger partial charge in [-0.05, 0) is 60.0 Å². The topological polar surface area (TPSA) is 136 Å². The lowest BCUT2D eigenvalue weighted by Crippen LogP contribution is -2.19. The Bertz CT molecular complexity index is 1590. The smallest absolute Gasteiger partial charge is 0.323 e. The van der Waals surface area contributed by atoms with Crippen molar-refractivity contribution in [3.05, 3.63) is 96.4 Å². The van der Waals surface area contributed by atoms with Crippen molar-refractivity contribution in [1.29, 1.82) is 0 Å². The van der Waals surface area contributed by atoms with Gasteiger partial charge >= 0.3 is 6.03 Å². The number of hydrogen-bond donors (Lipinski definition) is 4. The maximum atomic E-state index is 12.4. The van der Waals surface area contributed by atoms with Crippen LogP contribution in [0.25, 0.3) is 33.2 Å².